The molecule has 0 bridgehead atoms. The molecule has 4 nitrogen and oxygen atoms in total. The van der Waals surface area contributed by atoms with Gasteiger partial charge in [0.25, 0.3) is 5.91 Å². The van der Waals surface area contributed by atoms with E-state index in [-0.39, 0.29) is 18.4 Å². The van der Waals surface area contributed by atoms with Crippen molar-refractivity contribution in [2.75, 3.05) is 0 Å². The molecular weight excluding hydrogens is 226 g/mol. The zero-order valence-electron chi connectivity index (χ0n) is 9.18. The van der Waals surface area contributed by atoms with Crippen molar-refractivity contribution >= 4 is 29.2 Å². The second-order valence-electron chi connectivity index (χ2n) is 3.77. The number of para-hydroxylation sites is 1. The molecular formula is C11H14ClN3O. The van der Waals surface area contributed by atoms with Crippen molar-refractivity contribution in [3.8, 4) is 0 Å². The minimum absolute atomic E-state index is 0. The largest absolute Gasteiger partial charge is 0.364 e. The van der Waals surface area contributed by atoms with Crippen molar-refractivity contribution in [3.05, 3.63) is 30.0 Å². The van der Waals surface area contributed by atoms with Gasteiger partial charge in [0.1, 0.15) is 0 Å². The summed E-state index contributed by atoms with van der Waals surface area (Å²) in [6, 6.07) is 7.81. The van der Waals surface area contributed by atoms with E-state index in [0.29, 0.717) is 5.69 Å². The second kappa shape index (κ2) is 4.53. The van der Waals surface area contributed by atoms with Crippen LogP contribution in [0.5, 0.6) is 0 Å². The normalized spacial score (nSPS) is 10.4. The van der Waals surface area contributed by atoms with Gasteiger partial charge in [-0.15, -0.1) is 12.4 Å². The topological polar surface area (TPSA) is 60.9 Å². The Kier molecular flexibility index (Phi) is 3.55. The average Bonchev–Trinajstić information content (AvgIpc) is 2.56. The van der Waals surface area contributed by atoms with E-state index in [1.807, 2.05) is 42.8 Å². The molecule has 0 atom stereocenters. The molecule has 86 valence electrons. The maximum atomic E-state index is 11.2. The van der Waals surface area contributed by atoms with Gasteiger partial charge in [-0.1, -0.05) is 18.2 Å². The molecule has 0 unspecified atom stereocenters. The van der Waals surface area contributed by atoms with Crippen LogP contribution in [0.4, 0.5) is 0 Å². The van der Waals surface area contributed by atoms with Crippen LogP contribution in [0, 0.1) is 0 Å². The van der Waals surface area contributed by atoms with Crippen LogP contribution in [0.25, 0.3) is 10.9 Å². The number of aromatic nitrogens is 2. The van der Waals surface area contributed by atoms with Crippen molar-refractivity contribution in [1.82, 2.24) is 9.78 Å². The van der Waals surface area contributed by atoms with E-state index in [2.05, 4.69) is 5.10 Å². The summed E-state index contributed by atoms with van der Waals surface area (Å²) >= 11 is 0. The smallest absolute Gasteiger partial charge is 0.269 e. The predicted molar refractivity (Wildman–Crippen MR) is 65.9 cm³/mol. The minimum Gasteiger partial charge on any atom is -0.364 e. The highest BCUT2D eigenvalue weighted by Gasteiger charge is 2.15. The Labute approximate surface area is 99.8 Å². The number of hydrogen-bond acceptors (Lipinski definition) is 2. The van der Waals surface area contributed by atoms with Gasteiger partial charge in [-0.25, -0.2) is 0 Å². The van der Waals surface area contributed by atoms with E-state index >= 15 is 0 Å². The van der Waals surface area contributed by atoms with Crippen LogP contribution in [0.2, 0.25) is 0 Å². The van der Waals surface area contributed by atoms with E-state index in [1.165, 1.54) is 0 Å². The van der Waals surface area contributed by atoms with Gasteiger partial charge in [-0.2, -0.15) is 5.10 Å². The van der Waals surface area contributed by atoms with Crippen LogP contribution in [0.15, 0.2) is 24.3 Å². The molecule has 0 saturated heterocycles. The highest BCUT2D eigenvalue weighted by Crippen LogP contribution is 2.20. The molecule has 0 aliphatic carbocycles. The molecule has 1 heterocycles. The molecule has 1 aromatic carbocycles. The zero-order chi connectivity index (χ0) is 11.0. The lowest BCUT2D eigenvalue weighted by molar-refractivity contribution is 0.0996. The van der Waals surface area contributed by atoms with E-state index in [1.54, 1.807) is 0 Å². The average molecular weight is 240 g/mol. The first-order valence-electron chi connectivity index (χ1n) is 4.88. The summed E-state index contributed by atoms with van der Waals surface area (Å²) in [5.74, 6) is -0.481. The van der Waals surface area contributed by atoms with Crippen LogP contribution < -0.4 is 5.73 Å². The Morgan fingerprint density at radius 2 is 2.00 bits per heavy atom. The molecule has 1 amide bonds. The van der Waals surface area contributed by atoms with Gasteiger partial charge in [0.2, 0.25) is 0 Å². The predicted octanol–water partition coefficient (Wildman–Crippen LogP) is 2.14. The summed E-state index contributed by atoms with van der Waals surface area (Å²) in [7, 11) is 0. The number of halogens is 1. The van der Waals surface area contributed by atoms with Gasteiger partial charge in [-0.3, -0.25) is 9.48 Å². The third-order valence-electron chi connectivity index (χ3n) is 2.34. The maximum absolute atomic E-state index is 11.2. The highest BCUT2D eigenvalue weighted by atomic mass is 35.5. The SMILES string of the molecule is CC(C)n1nc(C(N)=O)c2ccccc21.Cl. The van der Waals surface area contributed by atoms with Crippen LogP contribution in [-0.2, 0) is 0 Å². The minimum atomic E-state index is -0.481. The molecule has 0 radical (unpaired) electrons. The quantitative estimate of drug-likeness (QED) is 0.873. The van der Waals surface area contributed by atoms with E-state index in [0.717, 1.165) is 10.9 Å². The molecule has 5 heteroatoms. The van der Waals surface area contributed by atoms with Crippen LogP contribution in [-0.4, -0.2) is 15.7 Å². The number of carbonyl (C=O) groups is 1. The number of amides is 1. The van der Waals surface area contributed by atoms with Crippen molar-refractivity contribution in [2.45, 2.75) is 19.9 Å². The molecule has 0 aliphatic heterocycles. The number of hydrogen-bond donors (Lipinski definition) is 1. The summed E-state index contributed by atoms with van der Waals surface area (Å²) in [4.78, 5) is 11.2. The number of fused-ring (bicyclic) bond motifs is 1. The number of nitrogens with zero attached hydrogens (tertiary/aromatic N) is 2. The molecule has 2 aromatic rings. The van der Waals surface area contributed by atoms with Gasteiger partial charge in [0.15, 0.2) is 5.69 Å². The van der Waals surface area contributed by atoms with E-state index in [4.69, 9.17) is 5.73 Å². The standard InChI is InChI=1S/C11H13N3O.ClH/c1-7(2)14-9-6-4-3-5-8(9)10(13-14)11(12)15;/h3-7H,1-2H3,(H2,12,15);1H. The molecule has 2 N–H and O–H groups in total. The summed E-state index contributed by atoms with van der Waals surface area (Å²) < 4.78 is 1.81. The molecule has 2 rings (SSSR count). The number of rotatable bonds is 2. The fraction of sp³-hybridized carbons (Fsp3) is 0.273. The van der Waals surface area contributed by atoms with Gasteiger partial charge >= 0.3 is 0 Å². The van der Waals surface area contributed by atoms with Crippen molar-refractivity contribution in [1.29, 1.82) is 0 Å². The van der Waals surface area contributed by atoms with Crippen LogP contribution >= 0.6 is 12.4 Å². The molecule has 0 spiro atoms. The first-order chi connectivity index (χ1) is 7.11. The third-order valence-corrected chi connectivity index (χ3v) is 2.34. The first-order valence-corrected chi connectivity index (χ1v) is 4.88. The van der Waals surface area contributed by atoms with Crippen molar-refractivity contribution in [3.63, 3.8) is 0 Å². The van der Waals surface area contributed by atoms with Crippen LogP contribution in [0.1, 0.15) is 30.4 Å². The Morgan fingerprint density at radius 1 is 1.38 bits per heavy atom. The fourth-order valence-corrected chi connectivity index (χ4v) is 1.66. The summed E-state index contributed by atoms with van der Waals surface area (Å²) in [5.41, 5.74) is 6.57. The van der Waals surface area contributed by atoms with Gasteiger partial charge in [0.05, 0.1) is 5.52 Å². The lowest BCUT2D eigenvalue weighted by atomic mass is 10.2. The van der Waals surface area contributed by atoms with Crippen LogP contribution in [0.3, 0.4) is 0 Å². The Hall–Kier alpha value is -1.55. The summed E-state index contributed by atoms with van der Waals surface area (Å²) in [5, 5.41) is 5.05. The molecule has 1 aromatic heterocycles. The monoisotopic (exact) mass is 239 g/mol. The van der Waals surface area contributed by atoms with E-state index in [9.17, 15) is 4.79 Å². The summed E-state index contributed by atoms with van der Waals surface area (Å²) in [6.45, 7) is 4.04. The molecule has 0 saturated carbocycles. The number of benzene rings is 1. The van der Waals surface area contributed by atoms with E-state index < -0.39 is 5.91 Å². The Bertz CT molecular complexity index is 519. The fourth-order valence-electron chi connectivity index (χ4n) is 1.66. The van der Waals surface area contributed by atoms with Crippen molar-refractivity contribution < 1.29 is 4.79 Å². The lowest BCUT2D eigenvalue weighted by Crippen LogP contribution is -2.13. The lowest BCUT2D eigenvalue weighted by Gasteiger charge is -2.05. The summed E-state index contributed by atoms with van der Waals surface area (Å²) in [6.07, 6.45) is 0. The second-order valence-corrected chi connectivity index (χ2v) is 3.77. The molecule has 16 heavy (non-hydrogen) atoms. The van der Waals surface area contributed by atoms with Gasteiger partial charge in [0, 0.05) is 11.4 Å². The first kappa shape index (κ1) is 12.5. The Balaban J connectivity index is 0.00000128. The number of primary amides is 1. The number of carbonyl (C=O) groups excluding carboxylic acids is 1. The molecule has 0 fully saturated rings. The van der Waals surface area contributed by atoms with Crippen molar-refractivity contribution in [2.24, 2.45) is 5.73 Å². The molecule has 0 aliphatic rings. The van der Waals surface area contributed by atoms with Gasteiger partial charge in [-0.05, 0) is 19.9 Å². The Morgan fingerprint density at radius 3 is 2.56 bits per heavy atom. The third kappa shape index (κ3) is 1.88. The zero-order valence-corrected chi connectivity index (χ0v) is 9.99. The number of nitrogens with two attached hydrogens (primary N) is 1. The maximum Gasteiger partial charge on any atom is 0.269 e. The van der Waals surface area contributed by atoms with Gasteiger partial charge < -0.3 is 5.73 Å². The highest BCUT2D eigenvalue weighted by molar-refractivity contribution is 6.04.